The summed E-state index contributed by atoms with van der Waals surface area (Å²) in [5, 5.41) is 2.61. The molecule has 0 aliphatic carbocycles. The monoisotopic (exact) mass is 198 g/mol. The Morgan fingerprint density at radius 1 is 1.00 bits per heavy atom. The second kappa shape index (κ2) is 3.55. The summed E-state index contributed by atoms with van der Waals surface area (Å²) in [5.74, 6) is 0. The van der Waals surface area contributed by atoms with E-state index in [9.17, 15) is 0 Å². The number of hydrogen-bond acceptors (Lipinski definition) is 2. The van der Waals surface area contributed by atoms with Crippen LogP contribution in [0.3, 0.4) is 0 Å². The lowest BCUT2D eigenvalue weighted by Crippen LogP contribution is -2.20. The molecule has 3 rings (SSSR count). The maximum atomic E-state index is 3.32. The fourth-order valence-electron chi connectivity index (χ4n) is 2.19. The molecule has 2 heteroatoms. The first kappa shape index (κ1) is 8.74. The Morgan fingerprint density at radius 2 is 1.93 bits per heavy atom. The molecule has 2 aromatic carbocycles. The van der Waals surface area contributed by atoms with Gasteiger partial charge < -0.3 is 5.43 Å². The summed E-state index contributed by atoms with van der Waals surface area (Å²) in [6.07, 6.45) is 2.35. The fraction of sp³-hybridized carbons (Fsp3) is 0.231. The summed E-state index contributed by atoms with van der Waals surface area (Å²) in [7, 11) is 0. The van der Waals surface area contributed by atoms with E-state index in [2.05, 4.69) is 47.2 Å². The van der Waals surface area contributed by atoms with Crippen molar-refractivity contribution in [3.8, 4) is 0 Å². The van der Waals surface area contributed by atoms with Gasteiger partial charge in [0.1, 0.15) is 0 Å². The van der Waals surface area contributed by atoms with Crippen LogP contribution in [0.5, 0.6) is 0 Å². The van der Waals surface area contributed by atoms with Crippen molar-refractivity contribution in [1.82, 2.24) is 5.43 Å². The molecular weight excluding hydrogens is 184 g/mol. The molecule has 0 bridgehead atoms. The van der Waals surface area contributed by atoms with E-state index in [1.165, 1.54) is 28.4 Å². The zero-order valence-corrected chi connectivity index (χ0v) is 8.59. The Hall–Kier alpha value is -1.54. The van der Waals surface area contributed by atoms with Gasteiger partial charge in [-0.1, -0.05) is 36.4 Å². The second-order valence-electron chi connectivity index (χ2n) is 3.98. The highest BCUT2D eigenvalue weighted by Crippen LogP contribution is 2.28. The van der Waals surface area contributed by atoms with Gasteiger partial charge in [-0.15, -0.1) is 0 Å². The quantitative estimate of drug-likeness (QED) is 0.680. The van der Waals surface area contributed by atoms with Gasteiger partial charge in [0.15, 0.2) is 0 Å². The van der Waals surface area contributed by atoms with Crippen LogP contribution in [0.15, 0.2) is 36.4 Å². The molecule has 0 unspecified atom stereocenters. The normalized spacial score (nSPS) is 15.5. The van der Waals surface area contributed by atoms with Gasteiger partial charge in [-0.25, -0.2) is 5.43 Å². The number of hydrogen-bond donors (Lipinski definition) is 2. The maximum absolute atomic E-state index is 3.32. The Morgan fingerprint density at radius 3 is 2.93 bits per heavy atom. The van der Waals surface area contributed by atoms with Gasteiger partial charge in [-0.3, -0.25) is 0 Å². The number of hydrazine groups is 1. The van der Waals surface area contributed by atoms with E-state index in [1.807, 2.05) is 0 Å². The predicted octanol–water partition coefficient (Wildman–Crippen LogP) is 2.70. The summed E-state index contributed by atoms with van der Waals surface area (Å²) in [4.78, 5) is 0. The van der Waals surface area contributed by atoms with Crippen molar-refractivity contribution in [2.45, 2.75) is 12.8 Å². The first-order valence-corrected chi connectivity index (χ1v) is 5.45. The predicted molar refractivity (Wildman–Crippen MR) is 63.9 cm³/mol. The van der Waals surface area contributed by atoms with Crippen molar-refractivity contribution in [2.24, 2.45) is 0 Å². The van der Waals surface area contributed by atoms with E-state index in [-0.39, 0.29) is 0 Å². The third-order valence-electron chi connectivity index (χ3n) is 2.98. The molecule has 2 nitrogen and oxygen atoms in total. The minimum absolute atomic E-state index is 1.03. The molecule has 0 aromatic heterocycles. The standard InChI is InChI=1S/C13H14N2/c1-2-6-12-10(4-1)7-8-11-5-3-9-14-15-13(11)12/h1-2,4,6-8,14-15H,3,5,9H2. The van der Waals surface area contributed by atoms with Gasteiger partial charge in [-0.2, -0.15) is 0 Å². The molecule has 0 radical (unpaired) electrons. The Bertz CT molecular complexity index is 491. The minimum Gasteiger partial charge on any atom is -0.321 e. The second-order valence-corrected chi connectivity index (χ2v) is 3.98. The van der Waals surface area contributed by atoms with Crippen LogP contribution in [0.2, 0.25) is 0 Å². The van der Waals surface area contributed by atoms with Crippen LogP contribution in [-0.2, 0) is 6.42 Å². The molecule has 0 fully saturated rings. The Kier molecular flexibility index (Phi) is 2.07. The number of fused-ring (bicyclic) bond motifs is 3. The zero-order valence-electron chi connectivity index (χ0n) is 8.59. The van der Waals surface area contributed by atoms with Crippen LogP contribution < -0.4 is 10.9 Å². The van der Waals surface area contributed by atoms with Gasteiger partial charge in [0.25, 0.3) is 0 Å². The van der Waals surface area contributed by atoms with E-state index in [4.69, 9.17) is 0 Å². The highest BCUT2D eigenvalue weighted by Gasteiger charge is 2.09. The molecule has 15 heavy (non-hydrogen) atoms. The van der Waals surface area contributed by atoms with Crippen molar-refractivity contribution in [2.75, 3.05) is 12.0 Å². The minimum atomic E-state index is 1.03. The van der Waals surface area contributed by atoms with Gasteiger partial charge >= 0.3 is 0 Å². The van der Waals surface area contributed by atoms with E-state index < -0.39 is 0 Å². The Balaban J connectivity index is 2.27. The molecule has 1 aliphatic rings. The number of nitrogens with one attached hydrogen (secondary N) is 2. The molecule has 0 saturated heterocycles. The third kappa shape index (κ3) is 1.47. The average molecular weight is 198 g/mol. The van der Waals surface area contributed by atoms with Crippen molar-refractivity contribution in [1.29, 1.82) is 0 Å². The average Bonchev–Trinajstić information content (AvgIpc) is 2.54. The molecule has 2 aromatic rings. The number of rotatable bonds is 0. The van der Waals surface area contributed by atoms with Crippen molar-refractivity contribution in [3.05, 3.63) is 42.0 Å². The summed E-state index contributed by atoms with van der Waals surface area (Å²) >= 11 is 0. The SMILES string of the molecule is c1ccc2c3c(ccc2c1)CCCNN3. The fourth-order valence-corrected chi connectivity index (χ4v) is 2.19. The van der Waals surface area contributed by atoms with Crippen molar-refractivity contribution in [3.63, 3.8) is 0 Å². The molecule has 0 amide bonds. The summed E-state index contributed by atoms with van der Waals surface area (Å²) in [5.41, 5.74) is 9.23. The number of benzene rings is 2. The smallest absolute Gasteiger partial charge is 0.0597 e. The lowest BCUT2D eigenvalue weighted by atomic mass is 10.0. The van der Waals surface area contributed by atoms with E-state index in [1.54, 1.807) is 0 Å². The molecule has 0 atom stereocenters. The lowest BCUT2D eigenvalue weighted by Gasteiger charge is -2.11. The molecule has 0 spiro atoms. The summed E-state index contributed by atoms with van der Waals surface area (Å²) in [6.45, 7) is 1.03. The highest BCUT2D eigenvalue weighted by molar-refractivity contribution is 5.95. The number of anilines is 1. The summed E-state index contributed by atoms with van der Waals surface area (Å²) in [6, 6.07) is 12.9. The van der Waals surface area contributed by atoms with E-state index in [0.717, 1.165) is 13.0 Å². The molecule has 1 heterocycles. The van der Waals surface area contributed by atoms with Crippen LogP contribution in [-0.4, -0.2) is 6.54 Å². The van der Waals surface area contributed by atoms with E-state index >= 15 is 0 Å². The summed E-state index contributed by atoms with van der Waals surface area (Å²) < 4.78 is 0. The molecule has 2 N–H and O–H groups in total. The van der Waals surface area contributed by atoms with Crippen LogP contribution in [0.4, 0.5) is 5.69 Å². The first-order valence-electron chi connectivity index (χ1n) is 5.45. The van der Waals surface area contributed by atoms with Crippen LogP contribution in [0.1, 0.15) is 12.0 Å². The van der Waals surface area contributed by atoms with Crippen molar-refractivity contribution < 1.29 is 0 Å². The zero-order chi connectivity index (χ0) is 10.1. The van der Waals surface area contributed by atoms with Gasteiger partial charge in [0.2, 0.25) is 0 Å². The van der Waals surface area contributed by atoms with Gasteiger partial charge in [0.05, 0.1) is 5.69 Å². The van der Waals surface area contributed by atoms with E-state index in [0.29, 0.717) is 0 Å². The highest BCUT2D eigenvalue weighted by atomic mass is 15.4. The Labute approximate surface area is 89.3 Å². The maximum Gasteiger partial charge on any atom is 0.0597 e. The molecule has 76 valence electrons. The number of aryl methyl sites for hydroxylation is 1. The van der Waals surface area contributed by atoms with Gasteiger partial charge in [-0.05, 0) is 23.8 Å². The van der Waals surface area contributed by atoms with Crippen LogP contribution >= 0.6 is 0 Å². The van der Waals surface area contributed by atoms with Gasteiger partial charge in [0, 0.05) is 11.9 Å². The van der Waals surface area contributed by atoms with Crippen molar-refractivity contribution >= 4 is 16.5 Å². The molecule has 0 saturated carbocycles. The molecule has 1 aliphatic heterocycles. The first-order chi connectivity index (χ1) is 7.45. The largest absolute Gasteiger partial charge is 0.321 e. The molecular formula is C13H14N2. The van der Waals surface area contributed by atoms with Crippen LogP contribution in [0.25, 0.3) is 10.8 Å². The third-order valence-corrected chi connectivity index (χ3v) is 2.98. The topological polar surface area (TPSA) is 24.1 Å². The van der Waals surface area contributed by atoms with Crippen LogP contribution in [0, 0.1) is 0 Å². The lowest BCUT2D eigenvalue weighted by molar-refractivity contribution is 0.741.